The average molecular weight is 649 g/mol. The van der Waals surface area contributed by atoms with E-state index >= 15 is 0 Å². The smallest absolute Gasteiger partial charge is 0.0775 e. The highest BCUT2D eigenvalue weighted by Gasteiger charge is 2.30. The van der Waals surface area contributed by atoms with E-state index in [0.717, 1.165) is 35.8 Å². The lowest BCUT2D eigenvalue weighted by Crippen LogP contribution is -2.32. The topological polar surface area (TPSA) is 18.5 Å². The zero-order valence-corrected chi connectivity index (χ0v) is 28.9. The van der Waals surface area contributed by atoms with Crippen LogP contribution >= 0.6 is 45.3 Å². The molecule has 0 aromatic carbocycles. The molecule has 0 unspecified atom stereocenters. The number of thiophene rings is 4. The summed E-state index contributed by atoms with van der Waals surface area (Å²) in [4.78, 5) is 7.35. The SMILES string of the molecule is CCCCCCOCC(CC#Cc1ccc(-c2cccs2)s1)(CC#Cc1ccc(-c2cccs2)s1)COCCCCCC. The van der Waals surface area contributed by atoms with Gasteiger partial charge in [-0.15, -0.1) is 45.3 Å². The summed E-state index contributed by atoms with van der Waals surface area (Å²) >= 11 is 7.07. The van der Waals surface area contributed by atoms with E-state index in [-0.39, 0.29) is 5.41 Å². The van der Waals surface area contributed by atoms with E-state index in [1.54, 1.807) is 45.3 Å². The van der Waals surface area contributed by atoms with Crippen LogP contribution in [0.4, 0.5) is 0 Å². The molecule has 0 amide bonds. The third-order valence-corrected chi connectivity index (χ3v) is 11.3. The summed E-state index contributed by atoms with van der Waals surface area (Å²) in [5.74, 6) is 14.0. The van der Waals surface area contributed by atoms with Crippen LogP contribution in [0.15, 0.2) is 59.3 Å². The summed E-state index contributed by atoms with van der Waals surface area (Å²) in [5.41, 5.74) is -0.267. The normalized spacial score (nSPS) is 11.2. The van der Waals surface area contributed by atoms with Crippen molar-refractivity contribution >= 4 is 45.3 Å². The van der Waals surface area contributed by atoms with Gasteiger partial charge in [-0.25, -0.2) is 0 Å². The van der Waals surface area contributed by atoms with Gasteiger partial charge in [0.25, 0.3) is 0 Å². The molecule has 0 radical (unpaired) electrons. The summed E-state index contributed by atoms with van der Waals surface area (Å²) < 4.78 is 12.7. The Bertz CT molecular complexity index is 1310. The van der Waals surface area contributed by atoms with Gasteiger partial charge < -0.3 is 9.47 Å². The van der Waals surface area contributed by atoms with Gasteiger partial charge in [-0.3, -0.25) is 0 Å². The molecule has 0 saturated carbocycles. The van der Waals surface area contributed by atoms with E-state index in [1.807, 2.05) is 0 Å². The van der Waals surface area contributed by atoms with Crippen molar-refractivity contribution in [1.29, 1.82) is 0 Å². The number of unbranched alkanes of at least 4 members (excludes halogenated alkanes) is 6. The lowest BCUT2D eigenvalue weighted by molar-refractivity contribution is -0.0195. The van der Waals surface area contributed by atoms with Crippen LogP contribution in [0.2, 0.25) is 0 Å². The molecule has 4 aromatic heterocycles. The molecule has 228 valence electrons. The van der Waals surface area contributed by atoms with Crippen molar-refractivity contribution in [2.45, 2.75) is 78.1 Å². The lowest BCUT2D eigenvalue weighted by Gasteiger charge is -2.30. The second-order valence-electron chi connectivity index (χ2n) is 11.0. The summed E-state index contributed by atoms with van der Waals surface area (Å²) in [6.07, 6.45) is 11.0. The summed E-state index contributed by atoms with van der Waals surface area (Å²) in [7, 11) is 0. The molecule has 0 aliphatic carbocycles. The van der Waals surface area contributed by atoms with Gasteiger partial charge in [-0.05, 0) is 60.0 Å². The van der Waals surface area contributed by atoms with Crippen LogP contribution in [0.1, 0.15) is 87.8 Å². The average Bonchev–Trinajstić information content (AvgIpc) is 3.84. The molecule has 0 aliphatic heterocycles. The predicted octanol–water partition coefficient (Wildman–Crippen LogP) is 11.6. The van der Waals surface area contributed by atoms with Crippen LogP contribution in [-0.2, 0) is 9.47 Å². The molecule has 2 nitrogen and oxygen atoms in total. The summed E-state index contributed by atoms with van der Waals surface area (Å²) in [6.45, 7) is 7.29. The van der Waals surface area contributed by atoms with Crippen molar-refractivity contribution in [3.8, 4) is 43.2 Å². The molecular weight excluding hydrogens is 605 g/mol. The zero-order chi connectivity index (χ0) is 30.0. The fourth-order valence-corrected chi connectivity index (χ4v) is 8.13. The molecule has 0 spiro atoms. The van der Waals surface area contributed by atoms with Gasteiger partial charge in [-0.1, -0.05) is 88.2 Å². The van der Waals surface area contributed by atoms with Gasteiger partial charge in [0.15, 0.2) is 0 Å². The third kappa shape index (κ3) is 11.7. The maximum atomic E-state index is 6.35. The van der Waals surface area contributed by atoms with Gasteiger partial charge in [0.1, 0.15) is 0 Å². The van der Waals surface area contributed by atoms with Crippen molar-refractivity contribution in [3.63, 3.8) is 0 Å². The Kier molecular flexibility index (Phi) is 15.1. The Morgan fingerprint density at radius 2 is 1.07 bits per heavy atom. The molecule has 43 heavy (non-hydrogen) atoms. The molecule has 0 saturated heterocycles. The van der Waals surface area contributed by atoms with E-state index < -0.39 is 0 Å². The van der Waals surface area contributed by atoms with E-state index in [2.05, 4.69) is 96.8 Å². The molecule has 0 fully saturated rings. The summed E-state index contributed by atoms with van der Waals surface area (Å²) in [6, 6.07) is 17.2. The first-order valence-corrected chi connectivity index (χ1v) is 19.0. The minimum Gasteiger partial charge on any atom is -0.381 e. The highest BCUT2D eigenvalue weighted by Crippen LogP contribution is 2.33. The van der Waals surface area contributed by atoms with Crippen molar-refractivity contribution in [2.24, 2.45) is 5.41 Å². The second-order valence-corrected chi connectivity index (χ2v) is 15.0. The highest BCUT2D eigenvalue weighted by molar-refractivity contribution is 7.22. The maximum absolute atomic E-state index is 6.35. The van der Waals surface area contributed by atoms with E-state index in [9.17, 15) is 0 Å². The molecule has 0 bridgehead atoms. The monoisotopic (exact) mass is 648 g/mol. The van der Waals surface area contributed by atoms with Gasteiger partial charge in [0.2, 0.25) is 0 Å². The number of hydrogen-bond acceptors (Lipinski definition) is 6. The van der Waals surface area contributed by atoms with Crippen LogP contribution in [0, 0.1) is 29.1 Å². The Morgan fingerprint density at radius 1 is 0.581 bits per heavy atom. The van der Waals surface area contributed by atoms with Gasteiger partial charge in [-0.2, -0.15) is 0 Å². The molecular formula is C37H44O2S4. The quantitative estimate of drug-likeness (QED) is 0.0789. The zero-order valence-electron chi connectivity index (χ0n) is 25.6. The first-order valence-electron chi connectivity index (χ1n) is 15.6. The summed E-state index contributed by atoms with van der Waals surface area (Å²) in [5, 5.41) is 4.25. The van der Waals surface area contributed by atoms with Crippen LogP contribution in [0.25, 0.3) is 19.5 Å². The van der Waals surface area contributed by atoms with Gasteiger partial charge in [0.05, 0.1) is 23.0 Å². The minimum absolute atomic E-state index is 0.267. The van der Waals surface area contributed by atoms with E-state index in [4.69, 9.17) is 9.47 Å². The third-order valence-electron chi connectivity index (χ3n) is 7.19. The van der Waals surface area contributed by atoms with Gasteiger partial charge in [0, 0.05) is 51.0 Å². The molecule has 0 aliphatic rings. The Balaban J connectivity index is 1.49. The van der Waals surface area contributed by atoms with Crippen molar-refractivity contribution < 1.29 is 9.47 Å². The molecule has 4 heterocycles. The van der Waals surface area contributed by atoms with Crippen molar-refractivity contribution in [2.75, 3.05) is 26.4 Å². The Hall–Kier alpha value is -2.16. The number of ether oxygens (including phenoxy) is 2. The van der Waals surface area contributed by atoms with E-state index in [0.29, 0.717) is 26.1 Å². The highest BCUT2D eigenvalue weighted by atomic mass is 32.1. The molecule has 0 N–H and O–H groups in total. The Labute approximate surface area is 275 Å². The second kappa shape index (κ2) is 19.3. The molecule has 4 rings (SSSR count). The lowest BCUT2D eigenvalue weighted by atomic mass is 9.83. The van der Waals surface area contributed by atoms with Crippen LogP contribution in [-0.4, -0.2) is 26.4 Å². The van der Waals surface area contributed by atoms with Crippen LogP contribution in [0.5, 0.6) is 0 Å². The van der Waals surface area contributed by atoms with Gasteiger partial charge >= 0.3 is 0 Å². The standard InChI is InChI=1S/C37H44O2S4/c1-3-5-7-9-25-38-29-37(30-39-26-10-8-6-4-2,23-11-15-31-19-21-35(42-31)33-17-13-27-40-33)24-12-16-32-20-22-36(43-32)34-18-14-28-41-34/h13-14,17-22,27-28H,3-10,23-26,29-30H2,1-2H3. The Morgan fingerprint density at radius 3 is 1.49 bits per heavy atom. The minimum atomic E-state index is -0.267. The maximum Gasteiger partial charge on any atom is 0.0775 e. The predicted molar refractivity (Wildman–Crippen MR) is 191 cm³/mol. The number of rotatable bonds is 18. The first-order chi connectivity index (χ1) is 21.2. The van der Waals surface area contributed by atoms with E-state index in [1.165, 1.54) is 58.0 Å². The van der Waals surface area contributed by atoms with Crippen LogP contribution < -0.4 is 0 Å². The molecule has 4 aromatic rings. The van der Waals surface area contributed by atoms with Crippen molar-refractivity contribution in [3.05, 3.63) is 69.0 Å². The fraction of sp³-hybridized carbons (Fsp3) is 0.459. The molecule has 0 atom stereocenters. The first kappa shape index (κ1) is 33.7. The van der Waals surface area contributed by atoms with Crippen LogP contribution in [0.3, 0.4) is 0 Å². The van der Waals surface area contributed by atoms with Crippen molar-refractivity contribution in [1.82, 2.24) is 0 Å². The number of hydrogen-bond donors (Lipinski definition) is 0. The molecule has 6 heteroatoms. The largest absolute Gasteiger partial charge is 0.381 e. The fourth-order valence-electron chi connectivity index (χ4n) is 4.70.